The van der Waals surface area contributed by atoms with Crippen molar-refractivity contribution in [1.82, 2.24) is 10.2 Å². The molecule has 78 valence electrons. The molecule has 0 saturated carbocycles. The summed E-state index contributed by atoms with van der Waals surface area (Å²) < 4.78 is 0. The van der Waals surface area contributed by atoms with E-state index < -0.39 is 23.9 Å². The zero-order valence-corrected chi connectivity index (χ0v) is 7.82. The van der Waals surface area contributed by atoms with Crippen LogP contribution in [0.15, 0.2) is 0 Å². The summed E-state index contributed by atoms with van der Waals surface area (Å²) in [6.45, 7) is 1.78. The molecule has 1 aliphatic heterocycles. The minimum absolute atomic E-state index is 0.0103. The molecule has 0 radical (unpaired) electrons. The molecule has 3 amide bonds. The molecule has 0 aromatic carbocycles. The molecular weight excluding hydrogens is 188 g/mol. The average molecular weight is 200 g/mol. The van der Waals surface area contributed by atoms with E-state index in [1.54, 1.807) is 6.92 Å². The summed E-state index contributed by atoms with van der Waals surface area (Å²) in [6.07, 6.45) is 0.784. The molecule has 14 heavy (non-hydrogen) atoms. The van der Waals surface area contributed by atoms with Gasteiger partial charge in [0.25, 0.3) is 0 Å². The van der Waals surface area contributed by atoms with E-state index in [9.17, 15) is 14.4 Å². The van der Waals surface area contributed by atoms with Crippen LogP contribution in [-0.2, 0) is 9.59 Å². The number of nitrogens with zero attached hydrogens (tertiary/aromatic N) is 1. The van der Waals surface area contributed by atoms with Crippen LogP contribution in [0.2, 0.25) is 0 Å². The Kier molecular flexibility index (Phi) is 3.06. The number of rotatable bonds is 3. The highest BCUT2D eigenvalue weighted by Crippen LogP contribution is 2.10. The summed E-state index contributed by atoms with van der Waals surface area (Å²) in [6, 6.07) is -1.67. The van der Waals surface area contributed by atoms with Gasteiger partial charge in [0.15, 0.2) is 6.04 Å². The van der Waals surface area contributed by atoms with Crippen molar-refractivity contribution in [2.45, 2.75) is 25.8 Å². The van der Waals surface area contributed by atoms with E-state index in [0.717, 1.165) is 4.90 Å². The third-order valence-electron chi connectivity index (χ3n) is 1.99. The van der Waals surface area contributed by atoms with Crippen LogP contribution in [-0.4, -0.2) is 40.5 Å². The Balaban J connectivity index is 2.76. The van der Waals surface area contributed by atoms with Crippen molar-refractivity contribution in [2.24, 2.45) is 0 Å². The van der Waals surface area contributed by atoms with Crippen LogP contribution < -0.4 is 5.32 Å². The molecule has 0 aliphatic carbocycles. The first-order chi connectivity index (χ1) is 6.57. The fraction of sp³-hybridized carbons (Fsp3) is 0.625. The smallest absolute Gasteiger partial charge is 0.328 e. The Morgan fingerprint density at radius 2 is 2.29 bits per heavy atom. The Morgan fingerprint density at radius 3 is 2.79 bits per heavy atom. The largest absolute Gasteiger partial charge is 0.480 e. The predicted molar refractivity (Wildman–Crippen MR) is 46.6 cm³/mol. The van der Waals surface area contributed by atoms with Crippen molar-refractivity contribution in [2.75, 3.05) is 6.54 Å². The summed E-state index contributed by atoms with van der Waals surface area (Å²) in [5.41, 5.74) is 0. The third-order valence-corrected chi connectivity index (χ3v) is 1.99. The number of carboxylic acid groups (broad SMARTS) is 1. The summed E-state index contributed by atoms with van der Waals surface area (Å²) >= 11 is 0. The number of nitrogens with one attached hydrogen (secondary N) is 1. The van der Waals surface area contributed by atoms with Gasteiger partial charge in [0.05, 0.1) is 6.54 Å². The lowest BCUT2D eigenvalue weighted by atomic mass is 10.2. The Hall–Kier alpha value is -1.59. The van der Waals surface area contributed by atoms with Crippen LogP contribution in [0.3, 0.4) is 0 Å². The molecule has 0 aromatic heterocycles. The standard InChI is InChI=1S/C8H12N2O4/c1-2-3-6(11)10-5(7(12)13)4-9-8(10)14/h5H,2-4H2,1H3,(H,9,14)(H,12,13)/t5-/m0/s1. The number of amides is 3. The normalized spacial score (nSPS) is 20.8. The van der Waals surface area contributed by atoms with E-state index in [-0.39, 0.29) is 13.0 Å². The monoisotopic (exact) mass is 200 g/mol. The zero-order valence-electron chi connectivity index (χ0n) is 7.82. The quantitative estimate of drug-likeness (QED) is 0.660. The second kappa shape index (κ2) is 4.08. The Labute approximate surface area is 80.9 Å². The van der Waals surface area contributed by atoms with Gasteiger partial charge in [-0.15, -0.1) is 0 Å². The first-order valence-electron chi connectivity index (χ1n) is 4.40. The highest BCUT2D eigenvalue weighted by molar-refractivity contribution is 6.00. The van der Waals surface area contributed by atoms with Gasteiger partial charge in [0, 0.05) is 6.42 Å². The number of imide groups is 1. The number of hydrogen-bond donors (Lipinski definition) is 2. The average Bonchev–Trinajstić information content (AvgIpc) is 2.47. The van der Waals surface area contributed by atoms with E-state index in [2.05, 4.69) is 5.32 Å². The number of aliphatic carboxylic acids is 1. The summed E-state index contributed by atoms with van der Waals surface area (Å²) in [4.78, 5) is 34.0. The number of hydrogen-bond acceptors (Lipinski definition) is 3. The minimum atomic E-state index is -1.16. The van der Waals surface area contributed by atoms with E-state index >= 15 is 0 Å². The highest BCUT2D eigenvalue weighted by Gasteiger charge is 2.39. The molecule has 0 unspecified atom stereocenters. The molecular formula is C8H12N2O4. The molecule has 1 aliphatic rings. The van der Waals surface area contributed by atoms with Gasteiger partial charge >= 0.3 is 12.0 Å². The molecule has 1 rings (SSSR count). The van der Waals surface area contributed by atoms with Crippen molar-refractivity contribution in [3.63, 3.8) is 0 Å². The van der Waals surface area contributed by atoms with Crippen LogP contribution in [0.25, 0.3) is 0 Å². The number of carbonyl (C=O) groups is 3. The molecule has 0 spiro atoms. The first-order valence-corrected chi connectivity index (χ1v) is 4.40. The summed E-state index contributed by atoms with van der Waals surface area (Å²) in [5, 5.41) is 11.1. The van der Waals surface area contributed by atoms with Gasteiger partial charge in [-0.1, -0.05) is 6.92 Å². The lowest BCUT2D eigenvalue weighted by molar-refractivity contribution is -0.146. The highest BCUT2D eigenvalue weighted by atomic mass is 16.4. The number of carbonyl (C=O) groups excluding carboxylic acids is 2. The Morgan fingerprint density at radius 1 is 1.64 bits per heavy atom. The van der Waals surface area contributed by atoms with Crippen LogP contribution in [0.1, 0.15) is 19.8 Å². The first kappa shape index (κ1) is 10.5. The van der Waals surface area contributed by atoms with Gasteiger partial charge in [0.2, 0.25) is 5.91 Å². The van der Waals surface area contributed by atoms with Crippen molar-refractivity contribution >= 4 is 17.9 Å². The summed E-state index contributed by atoms with van der Waals surface area (Å²) in [5.74, 6) is -1.59. The van der Waals surface area contributed by atoms with Crippen molar-refractivity contribution in [1.29, 1.82) is 0 Å². The van der Waals surface area contributed by atoms with E-state index in [1.807, 2.05) is 0 Å². The van der Waals surface area contributed by atoms with Gasteiger partial charge in [-0.05, 0) is 6.42 Å². The van der Waals surface area contributed by atoms with Gasteiger partial charge in [-0.3, -0.25) is 4.79 Å². The fourth-order valence-corrected chi connectivity index (χ4v) is 1.32. The van der Waals surface area contributed by atoms with E-state index in [4.69, 9.17) is 5.11 Å². The molecule has 2 N–H and O–H groups in total. The van der Waals surface area contributed by atoms with Crippen LogP contribution in [0.4, 0.5) is 4.79 Å². The summed E-state index contributed by atoms with van der Waals surface area (Å²) in [7, 11) is 0. The lowest BCUT2D eigenvalue weighted by Crippen LogP contribution is -2.43. The molecule has 1 fully saturated rings. The topological polar surface area (TPSA) is 86.7 Å². The van der Waals surface area contributed by atoms with Crippen molar-refractivity contribution in [3.8, 4) is 0 Å². The molecule has 1 heterocycles. The fourth-order valence-electron chi connectivity index (χ4n) is 1.32. The lowest BCUT2D eigenvalue weighted by Gasteiger charge is -2.16. The van der Waals surface area contributed by atoms with Crippen molar-refractivity contribution in [3.05, 3.63) is 0 Å². The van der Waals surface area contributed by atoms with Crippen molar-refractivity contribution < 1.29 is 19.5 Å². The molecule has 0 bridgehead atoms. The second-order valence-corrected chi connectivity index (χ2v) is 3.05. The molecule has 0 aromatic rings. The van der Waals surface area contributed by atoms with Gasteiger partial charge < -0.3 is 10.4 Å². The number of urea groups is 1. The number of carboxylic acids is 1. The Bertz CT molecular complexity index is 277. The third kappa shape index (κ3) is 1.84. The van der Waals surface area contributed by atoms with E-state index in [1.165, 1.54) is 0 Å². The molecule has 1 atom stereocenters. The van der Waals surface area contributed by atoms with Gasteiger partial charge in [0.1, 0.15) is 0 Å². The maximum atomic E-state index is 11.4. The maximum absolute atomic E-state index is 11.4. The maximum Gasteiger partial charge on any atom is 0.328 e. The molecule has 6 nitrogen and oxygen atoms in total. The van der Waals surface area contributed by atoms with Crippen LogP contribution in [0, 0.1) is 0 Å². The van der Waals surface area contributed by atoms with Gasteiger partial charge in [-0.2, -0.15) is 0 Å². The van der Waals surface area contributed by atoms with Crippen LogP contribution in [0.5, 0.6) is 0 Å². The van der Waals surface area contributed by atoms with Gasteiger partial charge in [-0.25, -0.2) is 14.5 Å². The predicted octanol–water partition coefficient (Wildman–Crippen LogP) is -0.208. The second-order valence-electron chi connectivity index (χ2n) is 3.05. The molecule has 1 saturated heterocycles. The van der Waals surface area contributed by atoms with Crippen LogP contribution >= 0.6 is 0 Å². The minimum Gasteiger partial charge on any atom is -0.480 e. The van der Waals surface area contributed by atoms with E-state index in [0.29, 0.717) is 6.42 Å². The zero-order chi connectivity index (χ0) is 10.7. The SMILES string of the molecule is CCCC(=O)N1C(=O)NC[C@H]1C(=O)O. The molecule has 6 heteroatoms.